The van der Waals surface area contributed by atoms with Gasteiger partial charge in [0.05, 0.1) is 6.10 Å². The molecule has 2 aromatic rings. The molecule has 2 N–H and O–H groups in total. The maximum Gasteiger partial charge on any atom is 0.408 e. The molecule has 2 rings (SSSR count). The highest BCUT2D eigenvalue weighted by atomic mass is 16.6. The molecule has 0 fully saturated rings. The maximum atomic E-state index is 12.7. The third kappa shape index (κ3) is 5.95. The fraction of sp³-hybridized carbons (Fsp3) is 0.300. The zero-order valence-corrected chi connectivity index (χ0v) is 14.8. The summed E-state index contributed by atoms with van der Waals surface area (Å²) in [4.78, 5) is 24.7. The highest BCUT2D eigenvalue weighted by molar-refractivity contribution is 5.97. The summed E-state index contributed by atoms with van der Waals surface area (Å²) < 4.78 is 5.11. The van der Waals surface area contributed by atoms with E-state index in [1.54, 1.807) is 13.8 Å². The number of rotatable bonds is 6. The molecule has 5 nitrogen and oxygen atoms in total. The number of benzene rings is 2. The van der Waals surface area contributed by atoms with Crippen LogP contribution in [0.3, 0.4) is 0 Å². The molecule has 5 heteroatoms. The number of aryl methyl sites for hydroxylation is 1. The van der Waals surface area contributed by atoms with E-state index in [0.717, 1.165) is 16.8 Å². The van der Waals surface area contributed by atoms with Crippen molar-refractivity contribution in [3.8, 4) is 0 Å². The van der Waals surface area contributed by atoms with Crippen LogP contribution in [0.1, 0.15) is 25.0 Å². The van der Waals surface area contributed by atoms with E-state index in [-0.39, 0.29) is 12.0 Å². The van der Waals surface area contributed by atoms with Crippen LogP contribution in [0, 0.1) is 6.92 Å². The molecular weight excluding hydrogens is 316 g/mol. The van der Waals surface area contributed by atoms with E-state index < -0.39 is 12.1 Å². The molecule has 0 saturated heterocycles. The van der Waals surface area contributed by atoms with E-state index in [1.165, 1.54) is 0 Å². The van der Waals surface area contributed by atoms with Gasteiger partial charge in [-0.25, -0.2) is 4.79 Å². The maximum absolute atomic E-state index is 12.7. The lowest BCUT2D eigenvalue weighted by molar-refractivity contribution is -0.118. The minimum atomic E-state index is -0.728. The molecule has 0 aromatic heterocycles. The topological polar surface area (TPSA) is 67.4 Å². The zero-order valence-electron chi connectivity index (χ0n) is 14.8. The standard InChI is InChI=1S/C20H24N2O3/c1-14(2)25-20(24)22-18(13-16-10-5-4-6-11-16)19(23)21-17-12-8-7-9-15(17)3/h4-12,14,18H,13H2,1-3H3,(H,21,23)(H,22,24). The van der Waals surface area contributed by atoms with Gasteiger partial charge in [-0.15, -0.1) is 0 Å². The molecule has 2 aromatic carbocycles. The molecule has 0 radical (unpaired) electrons. The van der Waals surface area contributed by atoms with Crippen molar-refractivity contribution in [2.24, 2.45) is 0 Å². The van der Waals surface area contributed by atoms with Crippen molar-refractivity contribution in [3.63, 3.8) is 0 Å². The first-order valence-electron chi connectivity index (χ1n) is 8.33. The predicted molar refractivity (Wildman–Crippen MR) is 98.5 cm³/mol. The summed E-state index contributed by atoms with van der Waals surface area (Å²) in [5, 5.41) is 5.54. The van der Waals surface area contributed by atoms with Crippen molar-refractivity contribution in [3.05, 3.63) is 65.7 Å². The second-order valence-corrected chi connectivity index (χ2v) is 6.14. The Labute approximate surface area is 148 Å². The first-order valence-corrected chi connectivity index (χ1v) is 8.33. The third-order valence-corrected chi connectivity index (χ3v) is 3.64. The summed E-state index contributed by atoms with van der Waals surface area (Å²) >= 11 is 0. The molecule has 0 saturated carbocycles. The van der Waals surface area contributed by atoms with Gasteiger partial charge in [0.25, 0.3) is 0 Å². The Morgan fingerprint density at radius 3 is 2.28 bits per heavy atom. The van der Waals surface area contributed by atoms with E-state index in [1.807, 2.05) is 61.5 Å². The van der Waals surface area contributed by atoms with Crippen LogP contribution in [0.15, 0.2) is 54.6 Å². The Morgan fingerprint density at radius 1 is 1.00 bits per heavy atom. The average Bonchev–Trinajstić information content (AvgIpc) is 2.56. The van der Waals surface area contributed by atoms with Crippen LogP contribution < -0.4 is 10.6 Å². The number of para-hydroxylation sites is 1. The van der Waals surface area contributed by atoms with Crippen molar-refractivity contribution in [1.82, 2.24) is 5.32 Å². The highest BCUT2D eigenvalue weighted by Crippen LogP contribution is 2.14. The van der Waals surface area contributed by atoms with Gasteiger partial charge in [0.15, 0.2) is 0 Å². The summed E-state index contributed by atoms with van der Waals surface area (Å²) in [5.74, 6) is -0.279. The summed E-state index contributed by atoms with van der Waals surface area (Å²) in [6.07, 6.45) is -0.473. The second kappa shape index (κ2) is 8.87. The fourth-order valence-electron chi connectivity index (χ4n) is 2.38. The van der Waals surface area contributed by atoms with E-state index in [0.29, 0.717) is 6.42 Å². The van der Waals surface area contributed by atoms with E-state index in [9.17, 15) is 9.59 Å². The van der Waals surface area contributed by atoms with Gasteiger partial charge >= 0.3 is 6.09 Å². The molecule has 1 unspecified atom stereocenters. The van der Waals surface area contributed by atoms with E-state index in [2.05, 4.69) is 10.6 Å². The van der Waals surface area contributed by atoms with Crippen LogP contribution >= 0.6 is 0 Å². The van der Waals surface area contributed by atoms with Gasteiger partial charge in [0, 0.05) is 12.1 Å². The lowest BCUT2D eigenvalue weighted by atomic mass is 10.0. The Hall–Kier alpha value is -2.82. The summed E-state index contributed by atoms with van der Waals surface area (Å²) in [5.41, 5.74) is 2.64. The van der Waals surface area contributed by atoms with Gasteiger partial charge in [-0.3, -0.25) is 4.79 Å². The fourth-order valence-corrected chi connectivity index (χ4v) is 2.38. The smallest absolute Gasteiger partial charge is 0.408 e. The van der Waals surface area contributed by atoms with Gasteiger partial charge < -0.3 is 15.4 Å². The monoisotopic (exact) mass is 340 g/mol. The quantitative estimate of drug-likeness (QED) is 0.843. The molecule has 2 amide bonds. The molecule has 132 valence electrons. The normalized spacial score (nSPS) is 11.7. The Bertz CT molecular complexity index is 714. The predicted octanol–water partition coefficient (Wildman–Crippen LogP) is 3.68. The Morgan fingerprint density at radius 2 is 1.64 bits per heavy atom. The van der Waals surface area contributed by atoms with E-state index >= 15 is 0 Å². The first-order chi connectivity index (χ1) is 12.0. The molecule has 25 heavy (non-hydrogen) atoms. The minimum Gasteiger partial charge on any atom is -0.447 e. The van der Waals surface area contributed by atoms with Gasteiger partial charge in [0.2, 0.25) is 5.91 Å². The van der Waals surface area contributed by atoms with Crippen LogP contribution in [-0.4, -0.2) is 24.1 Å². The van der Waals surface area contributed by atoms with Crippen molar-refractivity contribution in [2.45, 2.75) is 39.3 Å². The van der Waals surface area contributed by atoms with Gasteiger partial charge in [0.1, 0.15) is 6.04 Å². The number of hydrogen-bond donors (Lipinski definition) is 2. The molecule has 0 aliphatic carbocycles. The summed E-state index contributed by atoms with van der Waals surface area (Å²) in [6, 6.07) is 16.3. The first kappa shape index (κ1) is 18.5. The summed E-state index contributed by atoms with van der Waals surface area (Å²) in [6.45, 7) is 5.45. The largest absolute Gasteiger partial charge is 0.447 e. The number of anilines is 1. The number of alkyl carbamates (subject to hydrolysis) is 1. The minimum absolute atomic E-state index is 0.253. The van der Waals surface area contributed by atoms with Crippen LogP contribution in [0.25, 0.3) is 0 Å². The molecule has 0 spiro atoms. The molecule has 0 aliphatic rings. The van der Waals surface area contributed by atoms with E-state index in [4.69, 9.17) is 4.74 Å². The van der Waals surface area contributed by atoms with Crippen LogP contribution in [-0.2, 0) is 16.0 Å². The zero-order chi connectivity index (χ0) is 18.2. The summed E-state index contributed by atoms with van der Waals surface area (Å²) in [7, 11) is 0. The van der Waals surface area contributed by atoms with Gasteiger partial charge in [-0.05, 0) is 38.0 Å². The molecule has 0 aliphatic heterocycles. The average molecular weight is 340 g/mol. The number of hydrogen-bond acceptors (Lipinski definition) is 3. The number of carbonyl (C=O) groups excluding carboxylic acids is 2. The Balaban J connectivity index is 2.13. The van der Waals surface area contributed by atoms with Crippen molar-refractivity contribution in [1.29, 1.82) is 0 Å². The van der Waals surface area contributed by atoms with Crippen molar-refractivity contribution in [2.75, 3.05) is 5.32 Å². The Kier molecular flexibility index (Phi) is 6.57. The van der Waals surface area contributed by atoms with Crippen LogP contribution in [0.5, 0.6) is 0 Å². The highest BCUT2D eigenvalue weighted by Gasteiger charge is 2.23. The van der Waals surface area contributed by atoms with Gasteiger partial charge in [-0.1, -0.05) is 48.5 Å². The van der Waals surface area contributed by atoms with Crippen LogP contribution in [0.4, 0.5) is 10.5 Å². The molecule has 1 atom stereocenters. The SMILES string of the molecule is Cc1ccccc1NC(=O)C(Cc1ccccc1)NC(=O)OC(C)C. The number of amides is 2. The van der Waals surface area contributed by atoms with Gasteiger partial charge in [-0.2, -0.15) is 0 Å². The second-order valence-electron chi connectivity index (χ2n) is 6.14. The molecule has 0 bridgehead atoms. The number of carbonyl (C=O) groups is 2. The molecular formula is C20H24N2O3. The van der Waals surface area contributed by atoms with Crippen molar-refractivity contribution < 1.29 is 14.3 Å². The lowest BCUT2D eigenvalue weighted by Crippen LogP contribution is -2.46. The van der Waals surface area contributed by atoms with Crippen LogP contribution in [0.2, 0.25) is 0 Å². The lowest BCUT2D eigenvalue weighted by Gasteiger charge is -2.20. The number of ether oxygens (including phenoxy) is 1. The third-order valence-electron chi connectivity index (χ3n) is 3.64. The number of nitrogens with one attached hydrogen (secondary N) is 2. The molecule has 0 heterocycles. The van der Waals surface area contributed by atoms with Crippen molar-refractivity contribution >= 4 is 17.7 Å².